The zero-order chi connectivity index (χ0) is 15.1. The summed E-state index contributed by atoms with van der Waals surface area (Å²) in [7, 11) is 1.55. The van der Waals surface area contributed by atoms with Gasteiger partial charge in [-0.25, -0.2) is 4.39 Å². The third-order valence-electron chi connectivity index (χ3n) is 2.72. The van der Waals surface area contributed by atoms with E-state index in [9.17, 15) is 14.0 Å². The van der Waals surface area contributed by atoms with Crippen molar-refractivity contribution in [2.75, 3.05) is 20.2 Å². The Labute approximate surface area is 117 Å². The normalized spacial score (nSPS) is 10.2. The molecule has 1 amide bonds. The van der Waals surface area contributed by atoms with Gasteiger partial charge in [0.1, 0.15) is 0 Å². The van der Waals surface area contributed by atoms with Gasteiger partial charge in [0.05, 0.1) is 12.2 Å². The van der Waals surface area contributed by atoms with Crippen molar-refractivity contribution < 1.29 is 23.8 Å². The van der Waals surface area contributed by atoms with Crippen LogP contribution in [-0.2, 0) is 4.79 Å². The lowest BCUT2D eigenvalue weighted by Gasteiger charge is -2.18. The van der Waals surface area contributed by atoms with Crippen LogP contribution < -0.4 is 4.74 Å². The zero-order valence-corrected chi connectivity index (χ0v) is 11.6. The molecule has 0 aliphatic carbocycles. The van der Waals surface area contributed by atoms with Gasteiger partial charge in [-0.2, -0.15) is 0 Å². The van der Waals surface area contributed by atoms with Gasteiger partial charge >= 0.3 is 5.97 Å². The molecule has 0 saturated heterocycles. The number of hydrogen-bond donors (Lipinski definition) is 1. The number of carboxylic acid groups (broad SMARTS) is 1. The highest BCUT2D eigenvalue weighted by molar-refractivity contribution is 5.96. The summed E-state index contributed by atoms with van der Waals surface area (Å²) in [6, 6.07) is 4.16. The van der Waals surface area contributed by atoms with Gasteiger partial charge in [0.2, 0.25) is 0 Å². The average Bonchev–Trinajstić information content (AvgIpc) is 2.40. The Morgan fingerprint density at radius 2 is 2.10 bits per heavy atom. The molecule has 5 nitrogen and oxygen atoms in total. The van der Waals surface area contributed by atoms with Crippen molar-refractivity contribution in [1.29, 1.82) is 0 Å². The molecule has 0 atom stereocenters. The van der Waals surface area contributed by atoms with Crippen LogP contribution in [0.3, 0.4) is 0 Å². The van der Waals surface area contributed by atoms with Crippen molar-refractivity contribution >= 4 is 11.9 Å². The van der Waals surface area contributed by atoms with Crippen LogP contribution in [0.1, 0.15) is 30.1 Å². The van der Waals surface area contributed by atoms with E-state index < -0.39 is 17.7 Å². The highest BCUT2D eigenvalue weighted by Gasteiger charge is 2.19. The van der Waals surface area contributed by atoms with Crippen molar-refractivity contribution in [2.24, 2.45) is 0 Å². The Morgan fingerprint density at radius 3 is 2.70 bits per heavy atom. The van der Waals surface area contributed by atoms with Gasteiger partial charge in [0.15, 0.2) is 11.6 Å². The van der Waals surface area contributed by atoms with Crippen LogP contribution in [0.25, 0.3) is 0 Å². The van der Waals surface area contributed by atoms with Crippen molar-refractivity contribution in [1.82, 2.24) is 4.90 Å². The summed E-state index contributed by atoms with van der Waals surface area (Å²) in [5.41, 5.74) is 0.143. The van der Waals surface area contributed by atoms with Crippen molar-refractivity contribution in [3.05, 3.63) is 29.6 Å². The molecule has 1 aromatic carbocycles. The van der Waals surface area contributed by atoms with Gasteiger partial charge < -0.3 is 14.7 Å². The van der Waals surface area contributed by atoms with Crippen LogP contribution >= 0.6 is 0 Å². The maximum absolute atomic E-state index is 13.6. The van der Waals surface area contributed by atoms with Crippen molar-refractivity contribution in [2.45, 2.75) is 19.8 Å². The standard InChI is InChI=1S/C14H18FNO4/c1-3-20-13-10(6-4-7-11(13)15)14(19)16(2)9-5-8-12(17)18/h4,6-7H,3,5,8-9H2,1-2H3,(H,17,18). The predicted molar refractivity (Wildman–Crippen MR) is 71.4 cm³/mol. The summed E-state index contributed by atoms with van der Waals surface area (Å²) < 4.78 is 18.8. The fourth-order valence-corrected chi connectivity index (χ4v) is 1.74. The SMILES string of the molecule is CCOc1c(F)cccc1C(=O)N(C)CCCC(=O)O. The Kier molecular flexibility index (Phi) is 5.96. The van der Waals surface area contributed by atoms with Gasteiger partial charge in [-0.3, -0.25) is 9.59 Å². The molecule has 20 heavy (non-hydrogen) atoms. The summed E-state index contributed by atoms with van der Waals surface area (Å²) in [5.74, 6) is -1.95. The fourth-order valence-electron chi connectivity index (χ4n) is 1.74. The topological polar surface area (TPSA) is 66.8 Å². The number of para-hydroxylation sites is 1. The highest BCUT2D eigenvalue weighted by atomic mass is 19.1. The van der Waals surface area contributed by atoms with Gasteiger partial charge in [-0.05, 0) is 25.5 Å². The van der Waals surface area contributed by atoms with E-state index in [1.54, 1.807) is 14.0 Å². The minimum atomic E-state index is -0.911. The molecule has 0 saturated carbocycles. The Morgan fingerprint density at radius 1 is 1.40 bits per heavy atom. The lowest BCUT2D eigenvalue weighted by atomic mass is 10.1. The van der Waals surface area contributed by atoms with E-state index in [-0.39, 0.29) is 30.9 Å². The lowest BCUT2D eigenvalue weighted by molar-refractivity contribution is -0.137. The number of carbonyl (C=O) groups excluding carboxylic acids is 1. The number of carboxylic acids is 1. The number of halogens is 1. The van der Waals surface area contributed by atoms with E-state index in [2.05, 4.69) is 0 Å². The Hall–Kier alpha value is -2.11. The molecule has 0 aromatic heterocycles. The second-order valence-corrected chi connectivity index (χ2v) is 4.27. The Balaban J connectivity index is 2.80. The summed E-state index contributed by atoms with van der Waals surface area (Å²) in [6.07, 6.45) is 0.329. The van der Waals surface area contributed by atoms with Gasteiger partial charge in [0, 0.05) is 20.0 Å². The van der Waals surface area contributed by atoms with Crippen molar-refractivity contribution in [3.8, 4) is 5.75 Å². The first kappa shape index (κ1) is 15.9. The minimum absolute atomic E-state index is 0.0148. The van der Waals surface area contributed by atoms with Gasteiger partial charge in [-0.1, -0.05) is 6.07 Å². The summed E-state index contributed by atoms with van der Waals surface area (Å²) in [6.45, 7) is 2.24. The van der Waals surface area contributed by atoms with E-state index >= 15 is 0 Å². The Bertz CT molecular complexity index is 490. The first-order valence-electron chi connectivity index (χ1n) is 6.36. The van der Waals surface area contributed by atoms with Gasteiger partial charge in [0.25, 0.3) is 5.91 Å². The number of benzene rings is 1. The summed E-state index contributed by atoms with van der Waals surface area (Å²) in [4.78, 5) is 24.0. The largest absolute Gasteiger partial charge is 0.490 e. The molecule has 1 aromatic rings. The van der Waals surface area contributed by atoms with E-state index in [1.165, 1.54) is 23.1 Å². The molecule has 0 aliphatic heterocycles. The molecule has 1 rings (SSSR count). The molecule has 0 bridgehead atoms. The molecular formula is C14H18FNO4. The maximum atomic E-state index is 13.6. The number of ether oxygens (including phenoxy) is 1. The van der Waals surface area contributed by atoms with E-state index in [1.807, 2.05) is 0 Å². The quantitative estimate of drug-likeness (QED) is 0.832. The molecule has 6 heteroatoms. The summed E-state index contributed by atoms with van der Waals surface area (Å²) in [5, 5.41) is 8.56. The highest BCUT2D eigenvalue weighted by Crippen LogP contribution is 2.24. The van der Waals surface area contributed by atoms with Crippen molar-refractivity contribution in [3.63, 3.8) is 0 Å². The fraction of sp³-hybridized carbons (Fsp3) is 0.429. The molecule has 110 valence electrons. The third kappa shape index (κ3) is 4.22. The maximum Gasteiger partial charge on any atom is 0.303 e. The number of nitrogens with zero attached hydrogens (tertiary/aromatic N) is 1. The first-order valence-corrected chi connectivity index (χ1v) is 6.36. The number of aliphatic carboxylic acids is 1. The monoisotopic (exact) mass is 283 g/mol. The first-order chi connectivity index (χ1) is 9.47. The molecular weight excluding hydrogens is 265 g/mol. The molecule has 0 aliphatic rings. The minimum Gasteiger partial charge on any atom is -0.490 e. The number of rotatable bonds is 7. The van der Waals surface area contributed by atoms with Crippen LogP contribution in [0.2, 0.25) is 0 Å². The molecule has 0 fully saturated rings. The third-order valence-corrected chi connectivity index (χ3v) is 2.72. The smallest absolute Gasteiger partial charge is 0.303 e. The van der Waals surface area contributed by atoms with Crippen LogP contribution in [0, 0.1) is 5.82 Å². The second-order valence-electron chi connectivity index (χ2n) is 4.27. The second kappa shape index (κ2) is 7.47. The molecule has 0 heterocycles. The van der Waals surface area contributed by atoms with Crippen LogP contribution in [0.15, 0.2) is 18.2 Å². The van der Waals surface area contributed by atoms with E-state index in [0.717, 1.165) is 0 Å². The molecule has 0 spiro atoms. The molecule has 1 N–H and O–H groups in total. The van der Waals surface area contributed by atoms with Crippen LogP contribution in [0.4, 0.5) is 4.39 Å². The van der Waals surface area contributed by atoms with E-state index in [0.29, 0.717) is 6.42 Å². The summed E-state index contributed by atoms with van der Waals surface area (Å²) >= 11 is 0. The number of hydrogen-bond acceptors (Lipinski definition) is 3. The van der Waals surface area contributed by atoms with Crippen LogP contribution in [-0.4, -0.2) is 42.1 Å². The lowest BCUT2D eigenvalue weighted by Crippen LogP contribution is -2.28. The van der Waals surface area contributed by atoms with E-state index in [4.69, 9.17) is 9.84 Å². The average molecular weight is 283 g/mol. The predicted octanol–water partition coefficient (Wildman–Crippen LogP) is 2.16. The number of amides is 1. The van der Waals surface area contributed by atoms with Gasteiger partial charge in [-0.15, -0.1) is 0 Å². The number of carbonyl (C=O) groups is 2. The van der Waals surface area contributed by atoms with Crippen LogP contribution in [0.5, 0.6) is 5.75 Å². The molecule has 0 radical (unpaired) electrons. The molecule has 0 unspecified atom stereocenters. The zero-order valence-electron chi connectivity index (χ0n) is 11.6.